The van der Waals surface area contributed by atoms with E-state index < -0.39 is 0 Å². The van der Waals surface area contributed by atoms with Crippen LogP contribution in [-0.4, -0.2) is 64.8 Å². The summed E-state index contributed by atoms with van der Waals surface area (Å²) in [4.78, 5) is 17.3. The molecule has 1 amide bonds. The summed E-state index contributed by atoms with van der Waals surface area (Å²) < 4.78 is 2.00. The molecule has 0 radical (unpaired) electrons. The van der Waals surface area contributed by atoms with Gasteiger partial charge in [0.15, 0.2) is 0 Å². The van der Waals surface area contributed by atoms with Crippen LogP contribution in [0.15, 0.2) is 42.6 Å². The van der Waals surface area contributed by atoms with Gasteiger partial charge in [0, 0.05) is 45.5 Å². The average molecular weight is 353 g/mol. The fourth-order valence-electron chi connectivity index (χ4n) is 4.03. The normalized spacial score (nSPS) is 21.7. The van der Waals surface area contributed by atoms with Gasteiger partial charge in [-0.25, -0.2) is 4.68 Å². The average Bonchev–Trinajstić information content (AvgIpc) is 3.17. The second kappa shape index (κ2) is 8.01. The number of likely N-dealkylation sites (tertiary alicyclic amines) is 1. The highest BCUT2D eigenvalue weighted by Crippen LogP contribution is 2.21. The van der Waals surface area contributed by atoms with Gasteiger partial charge in [-0.3, -0.25) is 9.69 Å². The molecule has 0 bridgehead atoms. The van der Waals surface area contributed by atoms with E-state index in [2.05, 4.69) is 33.5 Å². The monoisotopic (exact) mass is 353 g/mol. The fourth-order valence-corrected chi connectivity index (χ4v) is 4.03. The Balaban J connectivity index is 1.41. The summed E-state index contributed by atoms with van der Waals surface area (Å²) in [5.41, 5.74) is 2.25. The van der Waals surface area contributed by atoms with Crippen LogP contribution in [0.5, 0.6) is 0 Å². The number of nitrogens with zero attached hydrogens (tertiary/aromatic N) is 4. The summed E-state index contributed by atoms with van der Waals surface area (Å²) in [6.45, 7) is 6.25. The fraction of sp³-hybridized carbons (Fsp3) is 0.500. The molecule has 26 heavy (non-hydrogen) atoms. The molecule has 3 heterocycles. The Morgan fingerprint density at radius 2 is 1.92 bits per heavy atom. The second-order valence-electron chi connectivity index (χ2n) is 7.22. The number of aromatic nitrogens is 2. The predicted molar refractivity (Wildman–Crippen MR) is 101 cm³/mol. The van der Waals surface area contributed by atoms with E-state index in [1.165, 1.54) is 5.69 Å². The maximum atomic E-state index is 12.8. The molecule has 2 fully saturated rings. The molecule has 138 valence electrons. The molecule has 1 unspecified atom stereocenters. The van der Waals surface area contributed by atoms with Crippen LogP contribution in [0, 0.1) is 5.92 Å². The number of carbonyl (C=O) groups excluding carboxylic acids is 1. The van der Waals surface area contributed by atoms with Crippen molar-refractivity contribution in [3.05, 3.63) is 48.3 Å². The molecular weight excluding hydrogens is 326 g/mol. The largest absolute Gasteiger partial charge is 0.340 e. The first-order chi connectivity index (χ1) is 12.8. The minimum atomic E-state index is 0.134. The van der Waals surface area contributed by atoms with Crippen molar-refractivity contribution < 1.29 is 4.79 Å². The van der Waals surface area contributed by atoms with Gasteiger partial charge in [-0.15, -0.1) is 0 Å². The van der Waals surface area contributed by atoms with Gasteiger partial charge in [-0.05, 0) is 37.6 Å². The lowest BCUT2D eigenvalue weighted by Gasteiger charge is -2.36. The molecular formula is C20H27N5O. The number of rotatable bonds is 4. The van der Waals surface area contributed by atoms with Crippen molar-refractivity contribution >= 4 is 5.91 Å². The first kappa shape index (κ1) is 17.2. The van der Waals surface area contributed by atoms with E-state index in [0.29, 0.717) is 5.91 Å². The predicted octanol–water partition coefficient (Wildman–Crippen LogP) is 1.52. The minimum Gasteiger partial charge on any atom is -0.340 e. The van der Waals surface area contributed by atoms with E-state index in [9.17, 15) is 4.79 Å². The van der Waals surface area contributed by atoms with Crippen molar-refractivity contribution in [3.8, 4) is 5.69 Å². The van der Waals surface area contributed by atoms with Crippen molar-refractivity contribution in [2.75, 3.05) is 39.3 Å². The summed E-state index contributed by atoms with van der Waals surface area (Å²) in [7, 11) is 0. The number of piperazine rings is 1. The Morgan fingerprint density at radius 3 is 2.73 bits per heavy atom. The standard InChI is InChI=1S/C20H27N5O/c26-20(24-13-10-21-11-14-24)17-5-4-12-23(15-17)16-19-8-9-22-25(19)18-6-2-1-3-7-18/h1-3,6-9,17,21H,4-5,10-16H2. The third-order valence-electron chi connectivity index (χ3n) is 5.39. The lowest BCUT2D eigenvalue weighted by atomic mass is 9.96. The van der Waals surface area contributed by atoms with E-state index in [1.54, 1.807) is 0 Å². The Hall–Kier alpha value is -2.18. The van der Waals surface area contributed by atoms with Crippen molar-refractivity contribution in [2.45, 2.75) is 19.4 Å². The molecule has 1 N–H and O–H groups in total. The molecule has 2 aliphatic rings. The molecule has 0 aliphatic carbocycles. The summed E-state index contributed by atoms with van der Waals surface area (Å²) in [6.07, 6.45) is 3.95. The molecule has 4 rings (SSSR count). The summed E-state index contributed by atoms with van der Waals surface area (Å²) in [6, 6.07) is 12.3. The summed E-state index contributed by atoms with van der Waals surface area (Å²) >= 11 is 0. The van der Waals surface area contributed by atoms with Crippen LogP contribution >= 0.6 is 0 Å². The van der Waals surface area contributed by atoms with Gasteiger partial charge in [-0.2, -0.15) is 5.10 Å². The molecule has 2 aliphatic heterocycles. The molecule has 1 aromatic heterocycles. The molecule has 0 spiro atoms. The highest BCUT2D eigenvalue weighted by molar-refractivity contribution is 5.79. The van der Waals surface area contributed by atoms with E-state index in [0.717, 1.165) is 64.3 Å². The van der Waals surface area contributed by atoms with E-state index >= 15 is 0 Å². The Bertz CT molecular complexity index is 723. The number of carbonyl (C=O) groups is 1. The number of piperidine rings is 1. The molecule has 1 aromatic carbocycles. The van der Waals surface area contributed by atoms with Crippen LogP contribution in [0.3, 0.4) is 0 Å². The van der Waals surface area contributed by atoms with Gasteiger partial charge in [0.05, 0.1) is 17.3 Å². The van der Waals surface area contributed by atoms with E-state index in [4.69, 9.17) is 0 Å². The molecule has 2 saturated heterocycles. The second-order valence-corrected chi connectivity index (χ2v) is 7.22. The molecule has 1 atom stereocenters. The van der Waals surface area contributed by atoms with Crippen LogP contribution in [0.1, 0.15) is 18.5 Å². The number of amides is 1. The van der Waals surface area contributed by atoms with E-state index in [1.807, 2.05) is 34.0 Å². The van der Waals surface area contributed by atoms with Gasteiger partial charge in [0.1, 0.15) is 0 Å². The van der Waals surface area contributed by atoms with Crippen molar-refractivity contribution in [3.63, 3.8) is 0 Å². The van der Waals surface area contributed by atoms with Gasteiger partial charge in [0.2, 0.25) is 5.91 Å². The number of hydrogen-bond donors (Lipinski definition) is 1. The van der Waals surface area contributed by atoms with Crippen molar-refractivity contribution in [2.24, 2.45) is 5.92 Å². The highest BCUT2D eigenvalue weighted by atomic mass is 16.2. The molecule has 6 heteroatoms. The number of hydrogen-bond acceptors (Lipinski definition) is 4. The number of para-hydroxylation sites is 1. The van der Waals surface area contributed by atoms with E-state index in [-0.39, 0.29) is 5.92 Å². The van der Waals surface area contributed by atoms with Crippen molar-refractivity contribution in [1.82, 2.24) is 24.9 Å². The quantitative estimate of drug-likeness (QED) is 0.905. The highest BCUT2D eigenvalue weighted by Gasteiger charge is 2.30. The SMILES string of the molecule is O=C(C1CCCN(Cc2ccnn2-c2ccccc2)C1)N1CCNCC1. The zero-order valence-corrected chi connectivity index (χ0v) is 15.2. The van der Waals surface area contributed by atoms with Gasteiger partial charge in [0.25, 0.3) is 0 Å². The number of nitrogens with one attached hydrogen (secondary N) is 1. The lowest BCUT2D eigenvalue weighted by Crippen LogP contribution is -2.51. The molecule has 2 aromatic rings. The zero-order valence-electron chi connectivity index (χ0n) is 15.2. The van der Waals surface area contributed by atoms with Gasteiger partial charge in [-0.1, -0.05) is 18.2 Å². The zero-order chi connectivity index (χ0) is 17.8. The Labute approximate surface area is 154 Å². The van der Waals surface area contributed by atoms with Gasteiger partial charge < -0.3 is 10.2 Å². The Kier molecular flexibility index (Phi) is 5.32. The lowest BCUT2D eigenvalue weighted by molar-refractivity contribution is -0.138. The smallest absolute Gasteiger partial charge is 0.227 e. The summed E-state index contributed by atoms with van der Waals surface area (Å²) in [5.74, 6) is 0.475. The Morgan fingerprint density at radius 1 is 1.12 bits per heavy atom. The van der Waals surface area contributed by atoms with Crippen LogP contribution < -0.4 is 5.32 Å². The molecule has 6 nitrogen and oxygen atoms in total. The molecule has 0 saturated carbocycles. The van der Waals surface area contributed by atoms with Gasteiger partial charge >= 0.3 is 0 Å². The number of benzene rings is 1. The maximum absolute atomic E-state index is 12.8. The first-order valence-electron chi connectivity index (χ1n) is 9.61. The maximum Gasteiger partial charge on any atom is 0.227 e. The van der Waals surface area contributed by atoms with Crippen LogP contribution in [0.25, 0.3) is 5.69 Å². The third-order valence-corrected chi connectivity index (χ3v) is 5.39. The van der Waals surface area contributed by atoms with Crippen molar-refractivity contribution in [1.29, 1.82) is 0 Å². The van der Waals surface area contributed by atoms with Crippen LogP contribution in [-0.2, 0) is 11.3 Å². The van der Waals surface area contributed by atoms with Crippen LogP contribution in [0.4, 0.5) is 0 Å². The topological polar surface area (TPSA) is 53.4 Å². The van der Waals surface area contributed by atoms with Crippen LogP contribution in [0.2, 0.25) is 0 Å². The summed E-state index contributed by atoms with van der Waals surface area (Å²) in [5, 5.41) is 7.81. The third kappa shape index (κ3) is 3.81. The minimum absolute atomic E-state index is 0.134. The first-order valence-corrected chi connectivity index (χ1v) is 9.61.